The van der Waals surface area contributed by atoms with E-state index in [9.17, 15) is 9.36 Å². The molecule has 0 aliphatic carbocycles. The van der Waals surface area contributed by atoms with Gasteiger partial charge in [0, 0.05) is 5.57 Å². The number of hydrogen-bond acceptors (Lipinski definition) is 4. The molecule has 0 aliphatic rings. The average molecular weight is 188 g/mol. The van der Waals surface area contributed by atoms with Gasteiger partial charge in [-0.3, -0.25) is 4.57 Å². The first-order valence-corrected chi connectivity index (χ1v) is 3.85. The first kappa shape index (κ1) is 11.0. The maximum absolute atomic E-state index is 10.8. The lowest BCUT2D eigenvalue weighted by molar-refractivity contribution is -0.162. The van der Waals surface area contributed by atoms with Crippen molar-refractivity contribution in [3.8, 4) is 0 Å². The lowest BCUT2D eigenvalue weighted by Crippen LogP contribution is -2.26. The van der Waals surface area contributed by atoms with E-state index in [0.717, 1.165) is 6.08 Å². The van der Waals surface area contributed by atoms with Crippen molar-refractivity contribution in [2.24, 2.45) is 0 Å². The molecule has 1 N–H and O–H groups in total. The molecule has 4 nitrogen and oxygen atoms in total. The van der Waals surface area contributed by atoms with Crippen LogP contribution < -0.4 is 0 Å². The minimum absolute atomic E-state index is 0.110. The number of ether oxygens (including phenoxy) is 1. The highest BCUT2D eigenvalue weighted by Gasteiger charge is 2.28. The lowest BCUT2D eigenvalue weighted by atomic mass is 10.4. The van der Waals surface area contributed by atoms with E-state index in [2.05, 4.69) is 17.9 Å². The van der Waals surface area contributed by atoms with Gasteiger partial charge >= 0.3 is 11.5 Å². The van der Waals surface area contributed by atoms with Crippen molar-refractivity contribution in [1.82, 2.24) is 0 Å². The molecular weight excluding hydrogens is 179 g/mol. The molecule has 0 aromatic carbocycles. The Kier molecular flexibility index (Phi) is 3.80. The Morgan fingerprint density at radius 2 is 2.25 bits per heavy atom. The highest BCUT2D eigenvalue weighted by molar-refractivity contribution is 7.25. The van der Waals surface area contributed by atoms with Crippen LogP contribution in [0.4, 0.5) is 0 Å². The summed E-state index contributed by atoms with van der Waals surface area (Å²) in [7, 11) is -0.744. The molecule has 0 heterocycles. The van der Waals surface area contributed by atoms with E-state index in [0.29, 0.717) is 0 Å². The minimum Gasteiger partial charge on any atom is -0.414 e. The Hall–Kier alpha value is -0.990. The van der Waals surface area contributed by atoms with Crippen LogP contribution in [0.1, 0.15) is 6.92 Å². The molecule has 0 saturated heterocycles. The van der Waals surface area contributed by atoms with Crippen molar-refractivity contribution in [1.29, 1.82) is 0 Å². The van der Waals surface area contributed by atoms with E-state index in [1.807, 2.05) is 0 Å². The largest absolute Gasteiger partial charge is 0.414 e. The molecule has 12 heavy (non-hydrogen) atoms. The van der Waals surface area contributed by atoms with Gasteiger partial charge in [0.1, 0.15) is 0 Å². The molecule has 0 aromatic rings. The van der Waals surface area contributed by atoms with Crippen LogP contribution in [-0.2, 0) is 14.1 Å². The first-order chi connectivity index (χ1) is 5.45. The maximum Gasteiger partial charge on any atom is 0.336 e. The predicted molar refractivity (Wildman–Crippen MR) is 43.7 cm³/mol. The standard InChI is InChI=1S/C7H9O4P/c1-4-7(9,12-10)11-6(8)5(2)3/h4,9H,1-2H2,3H3. The zero-order chi connectivity index (χ0) is 9.78. The van der Waals surface area contributed by atoms with Gasteiger partial charge in [-0.1, -0.05) is 13.2 Å². The Morgan fingerprint density at radius 3 is 2.50 bits per heavy atom. The van der Waals surface area contributed by atoms with E-state index in [-0.39, 0.29) is 5.57 Å². The second kappa shape index (κ2) is 4.14. The summed E-state index contributed by atoms with van der Waals surface area (Å²) in [5.41, 5.74) is -2.03. The maximum atomic E-state index is 10.8. The van der Waals surface area contributed by atoms with Crippen LogP contribution in [0.25, 0.3) is 0 Å². The van der Waals surface area contributed by atoms with Gasteiger partial charge in [-0.15, -0.1) is 0 Å². The van der Waals surface area contributed by atoms with Gasteiger partial charge < -0.3 is 9.84 Å². The summed E-state index contributed by atoms with van der Waals surface area (Å²) in [6.07, 6.45) is 0.863. The Labute approximate surface area is 71.7 Å². The molecule has 66 valence electrons. The fourth-order valence-electron chi connectivity index (χ4n) is 0.321. The highest BCUT2D eigenvalue weighted by Crippen LogP contribution is 2.23. The molecule has 0 spiro atoms. The second-order valence-electron chi connectivity index (χ2n) is 2.12. The summed E-state index contributed by atoms with van der Waals surface area (Å²) in [5, 5.41) is 9.12. The molecule has 0 radical (unpaired) electrons. The van der Waals surface area contributed by atoms with Gasteiger partial charge in [0.25, 0.3) is 0 Å². The van der Waals surface area contributed by atoms with E-state index in [1.165, 1.54) is 6.92 Å². The predicted octanol–water partition coefficient (Wildman–Crippen LogP) is 1.23. The van der Waals surface area contributed by atoms with Gasteiger partial charge in [0.2, 0.25) is 8.46 Å². The fourth-order valence-corrected chi connectivity index (χ4v) is 0.516. The molecule has 0 aliphatic heterocycles. The van der Waals surface area contributed by atoms with Crippen molar-refractivity contribution < 1.29 is 19.2 Å². The van der Waals surface area contributed by atoms with Crippen molar-refractivity contribution >= 4 is 14.4 Å². The average Bonchev–Trinajstić information content (AvgIpc) is 2.04. The quantitative estimate of drug-likeness (QED) is 0.237. The summed E-state index contributed by atoms with van der Waals surface area (Å²) in [6.45, 7) is 7.85. The fraction of sp³-hybridized carbons (Fsp3) is 0.286. The normalized spacial score (nSPS) is 14.8. The minimum atomic E-state index is -2.14. The van der Waals surface area contributed by atoms with E-state index in [4.69, 9.17) is 5.11 Å². The zero-order valence-corrected chi connectivity index (χ0v) is 7.51. The summed E-state index contributed by atoms with van der Waals surface area (Å²) in [4.78, 5) is 10.8. The van der Waals surface area contributed by atoms with Crippen LogP contribution in [0.5, 0.6) is 0 Å². The molecule has 0 saturated carbocycles. The van der Waals surface area contributed by atoms with E-state index >= 15 is 0 Å². The summed E-state index contributed by atoms with van der Waals surface area (Å²) in [6, 6.07) is 0. The number of esters is 1. The monoisotopic (exact) mass is 188 g/mol. The van der Waals surface area contributed by atoms with Gasteiger partial charge in [-0.2, -0.15) is 0 Å². The second-order valence-corrected chi connectivity index (χ2v) is 2.95. The molecule has 0 amide bonds. The van der Waals surface area contributed by atoms with Gasteiger partial charge in [0.15, 0.2) is 0 Å². The van der Waals surface area contributed by atoms with Crippen molar-refractivity contribution in [3.63, 3.8) is 0 Å². The van der Waals surface area contributed by atoms with Crippen LogP contribution in [0.3, 0.4) is 0 Å². The van der Waals surface area contributed by atoms with E-state index in [1.54, 1.807) is 0 Å². The molecule has 0 fully saturated rings. The van der Waals surface area contributed by atoms with Crippen molar-refractivity contribution in [2.75, 3.05) is 0 Å². The molecule has 1 unspecified atom stereocenters. The van der Waals surface area contributed by atoms with Crippen LogP contribution in [0.15, 0.2) is 24.8 Å². The zero-order valence-electron chi connectivity index (χ0n) is 6.61. The smallest absolute Gasteiger partial charge is 0.336 e. The Bertz CT molecular complexity index is 226. The Morgan fingerprint density at radius 1 is 1.75 bits per heavy atom. The Balaban J connectivity index is 4.41. The van der Waals surface area contributed by atoms with Crippen LogP contribution in [0, 0.1) is 0 Å². The molecular formula is C7H9O4P. The number of aliphatic hydroxyl groups is 1. The van der Waals surface area contributed by atoms with E-state index < -0.39 is 20.0 Å². The number of hydrogen-bond donors (Lipinski definition) is 1. The molecule has 0 rings (SSSR count). The van der Waals surface area contributed by atoms with Crippen LogP contribution in [0.2, 0.25) is 0 Å². The number of carbonyl (C=O) groups excluding carboxylic acids is 1. The third kappa shape index (κ3) is 2.95. The van der Waals surface area contributed by atoms with Crippen molar-refractivity contribution in [2.45, 2.75) is 12.5 Å². The highest BCUT2D eigenvalue weighted by atomic mass is 31.1. The summed E-state index contributed by atoms with van der Waals surface area (Å²) < 4.78 is 14.7. The molecule has 1 atom stereocenters. The third-order valence-corrected chi connectivity index (χ3v) is 1.52. The molecule has 0 bridgehead atoms. The number of rotatable bonds is 4. The van der Waals surface area contributed by atoms with Crippen LogP contribution in [-0.4, -0.2) is 16.6 Å². The van der Waals surface area contributed by atoms with Crippen LogP contribution >= 0.6 is 8.46 Å². The van der Waals surface area contributed by atoms with Crippen molar-refractivity contribution in [3.05, 3.63) is 24.8 Å². The van der Waals surface area contributed by atoms with Gasteiger partial charge in [-0.05, 0) is 13.0 Å². The SMILES string of the molecule is C=CC(O)(OC(=O)C(=C)C)P=O. The topological polar surface area (TPSA) is 63.6 Å². The first-order valence-electron chi connectivity index (χ1n) is 3.04. The summed E-state index contributed by atoms with van der Waals surface area (Å²) in [5.74, 6) is -0.819. The van der Waals surface area contributed by atoms with Gasteiger partial charge in [0.05, 0.1) is 0 Å². The molecule has 0 aromatic heterocycles. The van der Waals surface area contributed by atoms with Gasteiger partial charge in [-0.25, -0.2) is 4.79 Å². The number of carbonyl (C=O) groups is 1. The third-order valence-electron chi connectivity index (χ3n) is 0.988. The lowest BCUT2D eigenvalue weighted by Gasteiger charge is -2.15. The molecule has 5 heteroatoms. The summed E-state index contributed by atoms with van der Waals surface area (Å²) >= 11 is 0.